The van der Waals surface area contributed by atoms with Crippen molar-refractivity contribution < 1.29 is 41.4 Å². The normalized spacial score (nSPS) is 13.6. The minimum Gasteiger partial charge on any atom is -0.497 e. The summed E-state index contributed by atoms with van der Waals surface area (Å²) >= 11 is 0. The molecule has 1 saturated heterocycles. The van der Waals surface area contributed by atoms with Gasteiger partial charge in [0.05, 0.1) is 20.3 Å². The third-order valence-electron chi connectivity index (χ3n) is 5.26. The number of anilines is 1. The Morgan fingerprint density at radius 2 is 1.69 bits per heavy atom. The zero-order chi connectivity index (χ0) is 25.8. The van der Waals surface area contributed by atoms with E-state index in [0.717, 1.165) is 35.0 Å². The lowest BCUT2D eigenvalue weighted by Gasteiger charge is -2.25. The summed E-state index contributed by atoms with van der Waals surface area (Å²) in [6, 6.07) is 6.63. The van der Waals surface area contributed by atoms with Crippen molar-refractivity contribution in [2.45, 2.75) is 6.61 Å². The highest BCUT2D eigenvalue weighted by atomic mass is 19.3. The molecule has 3 aromatic rings. The number of benzene rings is 2. The number of halogens is 4. The molecule has 1 aliphatic rings. The van der Waals surface area contributed by atoms with Gasteiger partial charge >= 0.3 is 6.61 Å². The average Bonchev–Trinajstić information content (AvgIpc) is 3.26. The van der Waals surface area contributed by atoms with Crippen LogP contribution in [0.1, 0.15) is 20.8 Å². The fourth-order valence-corrected chi connectivity index (χ4v) is 3.52. The van der Waals surface area contributed by atoms with E-state index in [1.165, 1.54) is 24.1 Å². The molecule has 0 saturated carbocycles. The summed E-state index contributed by atoms with van der Waals surface area (Å²) in [5.41, 5.74) is -0.745. The van der Waals surface area contributed by atoms with Crippen LogP contribution in [0.25, 0.3) is 5.69 Å². The molecule has 2 heterocycles. The van der Waals surface area contributed by atoms with Crippen LogP contribution in [0.15, 0.2) is 42.6 Å². The Morgan fingerprint density at radius 3 is 2.28 bits per heavy atom. The van der Waals surface area contributed by atoms with Crippen molar-refractivity contribution in [3.05, 3.63) is 65.5 Å². The molecule has 2 amide bonds. The highest BCUT2D eigenvalue weighted by molar-refractivity contribution is 6.04. The maximum atomic E-state index is 14.9. The molecule has 1 N–H and O–H groups in total. The van der Waals surface area contributed by atoms with Crippen molar-refractivity contribution >= 4 is 17.8 Å². The topological polar surface area (TPSA) is 94.9 Å². The van der Waals surface area contributed by atoms with Gasteiger partial charge in [-0.25, -0.2) is 13.8 Å². The number of imidazole rings is 1. The number of carbonyl (C=O) groups is 2. The summed E-state index contributed by atoms with van der Waals surface area (Å²) in [5.74, 6) is -3.93. The number of hydrogen-bond acceptors (Lipinski definition) is 6. The first-order valence-corrected chi connectivity index (χ1v) is 10.6. The standard InChI is InChI=1S/C23H20F4N4O5/c1-34-15-10-16(24)19(17(25)11-15)31-12-18(21(33)30-6-8-35-9-7-30)28-23(31)29-20(32)13-2-4-14(5-3-13)36-22(26)27/h2-5,10-12,22H,6-9H2,1H3,(H,28,29,32). The number of alkyl halides is 2. The molecule has 0 unspecified atom stereocenters. The number of hydrogen-bond donors (Lipinski definition) is 1. The smallest absolute Gasteiger partial charge is 0.387 e. The molecule has 13 heteroatoms. The van der Waals surface area contributed by atoms with Crippen LogP contribution in [0.5, 0.6) is 11.5 Å². The van der Waals surface area contributed by atoms with Gasteiger partial charge in [0.25, 0.3) is 11.8 Å². The molecule has 190 valence electrons. The lowest BCUT2D eigenvalue weighted by molar-refractivity contribution is -0.0498. The summed E-state index contributed by atoms with van der Waals surface area (Å²) in [6.07, 6.45) is 1.11. The molecule has 0 bridgehead atoms. The Hall–Kier alpha value is -4.13. The predicted molar refractivity (Wildman–Crippen MR) is 118 cm³/mol. The monoisotopic (exact) mass is 508 g/mol. The van der Waals surface area contributed by atoms with Gasteiger partial charge in [0.2, 0.25) is 5.95 Å². The van der Waals surface area contributed by atoms with Gasteiger partial charge in [-0.3, -0.25) is 19.5 Å². The molecular weight excluding hydrogens is 488 g/mol. The highest BCUT2D eigenvalue weighted by Gasteiger charge is 2.26. The molecule has 1 aliphatic heterocycles. The van der Waals surface area contributed by atoms with E-state index >= 15 is 0 Å². The molecule has 0 radical (unpaired) electrons. The van der Waals surface area contributed by atoms with Crippen LogP contribution in [0, 0.1) is 11.6 Å². The van der Waals surface area contributed by atoms with E-state index in [9.17, 15) is 27.2 Å². The summed E-state index contributed by atoms with van der Waals surface area (Å²) < 4.78 is 69.7. The molecule has 2 aromatic carbocycles. The Kier molecular flexibility index (Phi) is 7.38. The van der Waals surface area contributed by atoms with Crippen LogP contribution in [0.3, 0.4) is 0 Å². The van der Waals surface area contributed by atoms with Gasteiger partial charge in [-0.05, 0) is 24.3 Å². The lowest BCUT2D eigenvalue weighted by atomic mass is 10.2. The summed E-state index contributed by atoms with van der Waals surface area (Å²) in [6.45, 7) is -1.79. The minimum absolute atomic E-state index is 0.0166. The van der Waals surface area contributed by atoms with E-state index in [2.05, 4.69) is 15.0 Å². The van der Waals surface area contributed by atoms with Gasteiger partial charge in [-0.2, -0.15) is 8.78 Å². The summed E-state index contributed by atoms with van der Waals surface area (Å²) in [5, 5.41) is 2.41. The van der Waals surface area contributed by atoms with Crippen molar-refractivity contribution in [2.24, 2.45) is 0 Å². The number of morpholine rings is 1. The first-order chi connectivity index (χ1) is 17.3. The van der Waals surface area contributed by atoms with E-state index in [4.69, 9.17) is 9.47 Å². The molecule has 0 aliphatic carbocycles. The second kappa shape index (κ2) is 10.6. The molecule has 36 heavy (non-hydrogen) atoms. The van der Waals surface area contributed by atoms with E-state index in [-0.39, 0.29) is 28.7 Å². The predicted octanol–water partition coefficient (Wildman–Crippen LogP) is 3.49. The van der Waals surface area contributed by atoms with Crippen LogP contribution >= 0.6 is 0 Å². The molecular formula is C23H20F4N4O5. The van der Waals surface area contributed by atoms with Crippen molar-refractivity contribution in [3.8, 4) is 17.2 Å². The number of rotatable bonds is 7. The van der Waals surface area contributed by atoms with Crippen molar-refractivity contribution in [2.75, 3.05) is 38.7 Å². The zero-order valence-corrected chi connectivity index (χ0v) is 18.8. The van der Waals surface area contributed by atoms with Gasteiger partial charge in [0, 0.05) is 37.0 Å². The Labute approximate surface area is 202 Å². The number of nitrogens with zero attached hydrogens (tertiary/aromatic N) is 3. The summed E-state index contributed by atoms with van der Waals surface area (Å²) in [7, 11) is 1.24. The van der Waals surface area contributed by atoms with E-state index in [0.29, 0.717) is 26.3 Å². The zero-order valence-electron chi connectivity index (χ0n) is 18.8. The first-order valence-electron chi connectivity index (χ1n) is 10.6. The number of methoxy groups -OCH3 is 1. The third-order valence-corrected chi connectivity index (χ3v) is 5.26. The van der Waals surface area contributed by atoms with Crippen LogP contribution < -0.4 is 14.8 Å². The fourth-order valence-electron chi connectivity index (χ4n) is 3.52. The van der Waals surface area contributed by atoms with E-state index in [1.54, 1.807) is 0 Å². The molecule has 0 spiro atoms. The second-order valence-corrected chi connectivity index (χ2v) is 7.52. The molecule has 0 atom stereocenters. The number of ether oxygens (including phenoxy) is 3. The lowest BCUT2D eigenvalue weighted by Crippen LogP contribution is -2.40. The van der Waals surface area contributed by atoms with Crippen LogP contribution in [0.4, 0.5) is 23.5 Å². The third kappa shape index (κ3) is 5.40. The molecule has 9 nitrogen and oxygen atoms in total. The first kappa shape index (κ1) is 25.0. The van der Waals surface area contributed by atoms with Crippen molar-refractivity contribution in [3.63, 3.8) is 0 Å². The van der Waals surface area contributed by atoms with Gasteiger partial charge in [-0.1, -0.05) is 0 Å². The van der Waals surface area contributed by atoms with Gasteiger partial charge in [0.1, 0.15) is 22.9 Å². The molecule has 4 rings (SSSR count). The minimum atomic E-state index is -3.03. The Morgan fingerprint density at radius 1 is 1.06 bits per heavy atom. The Balaban J connectivity index is 1.69. The quantitative estimate of drug-likeness (QED) is 0.491. The summed E-state index contributed by atoms with van der Waals surface area (Å²) in [4.78, 5) is 31.3. The number of carbonyl (C=O) groups excluding carboxylic acids is 2. The van der Waals surface area contributed by atoms with E-state index in [1.807, 2.05) is 0 Å². The van der Waals surface area contributed by atoms with Gasteiger partial charge < -0.3 is 19.1 Å². The second-order valence-electron chi connectivity index (χ2n) is 7.52. The molecule has 1 fully saturated rings. The largest absolute Gasteiger partial charge is 0.497 e. The average molecular weight is 508 g/mol. The van der Waals surface area contributed by atoms with Crippen molar-refractivity contribution in [1.29, 1.82) is 0 Å². The number of nitrogens with one attached hydrogen (secondary N) is 1. The van der Waals surface area contributed by atoms with Crippen LogP contribution in [0.2, 0.25) is 0 Å². The maximum Gasteiger partial charge on any atom is 0.387 e. The van der Waals surface area contributed by atoms with Crippen LogP contribution in [-0.4, -0.2) is 66.3 Å². The fraction of sp³-hybridized carbons (Fsp3) is 0.261. The van der Waals surface area contributed by atoms with E-state index < -0.39 is 35.7 Å². The van der Waals surface area contributed by atoms with Gasteiger partial charge in [0.15, 0.2) is 11.6 Å². The number of aromatic nitrogens is 2. The number of amides is 2. The SMILES string of the molecule is COc1cc(F)c(-n2cc(C(=O)N3CCOCC3)nc2NC(=O)c2ccc(OC(F)F)cc2)c(F)c1. The maximum absolute atomic E-state index is 14.9. The molecule has 1 aromatic heterocycles. The highest BCUT2D eigenvalue weighted by Crippen LogP contribution is 2.28. The van der Waals surface area contributed by atoms with Gasteiger partial charge in [-0.15, -0.1) is 0 Å². The Bertz CT molecular complexity index is 1240. The van der Waals surface area contributed by atoms with Crippen molar-refractivity contribution in [1.82, 2.24) is 14.5 Å². The van der Waals surface area contributed by atoms with Crippen LogP contribution in [-0.2, 0) is 4.74 Å².